The summed E-state index contributed by atoms with van der Waals surface area (Å²) in [5, 5.41) is 8.05. The van der Waals surface area contributed by atoms with Crippen molar-refractivity contribution < 1.29 is 14.3 Å². The van der Waals surface area contributed by atoms with Gasteiger partial charge in [-0.25, -0.2) is 4.68 Å². The Balaban J connectivity index is 1.46. The predicted molar refractivity (Wildman–Crippen MR) is 117 cm³/mol. The molecule has 1 aromatic heterocycles. The summed E-state index contributed by atoms with van der Waals surface area (Å²) in [4.78, 5) is 24.2. The van der Waals surface area contributed by atoms with E-state index in [-0.39, 0.29) is 0 Å². The van der Waals surface area contributed by atoms with Crippen LogP contribution in [0.5, 0.6) is 5.75 Å². The summed E-state index contributed by atoms with van der Waals surface area (Å²) in [7, 11) is 0. The Kier molecular flexibility index (Phi) is 7.16. The van der Waals surface area contributed by atoms with Crippen LogP contribution >= 0.6 is 0 Å². The van der Waals surface area contributed by atoms with Crippen LogP contribution < -0.4 is 15.6 Å². The van der Waals surface area contributed by atoms with Crippen LogP contribution in [0.1, 0.15) is 29.3 Å². The summed E-state index contributed by atoms with van der Waals surface area (Å²) in [6.45, 7) is 6.10. The summed E-state index contributed by atoms with van der Waals surface area (Å²) in [6, 6.07) is 15.5. The van der Waals surface area contributed by atoms with Gasteiger partial charge < -0.3 is 4.74 Å². The van der Waals surface area contributed by atoms with E-state index in [9.17, 15) is 9.59 Å². The van der Waals surface area contributed by atoms with E-state index in [1.54, 1.807) is 23.9 Å². The Bertz CT molecular complexity index is 1080. The molecule has 0 spiro atoms. The zero-order valence-corrected chi connectivity index (χ0v) is 17.7. The lowest BCUT2D eigenvalue weighted by Gasteiger charge is -2.17. The fourth-order valence-corrected chi connectivity index (χ4v) is 2.76. The van der Waals surface area contributed by atoms with Crippen LogP contribution in [0.15, 0.2) is 60.8 Å². The Morgan fingerprint density at radius 3 is 2.65 bits per heavy atom. The second kappa shape index (κ2) is 10.2. The van der Waals surface area contributed by atoms with Crippen LogP contribution in [-0.2, 0) is 16.1 Å². The maximum Gasteiger partial charge on any atom is 0.279 e. The van der Waals surface area contributed by atoms with Crippen molar-refractivity contribution in [2.45, 2.75) is 33.4 Å². The number of ether oxygens (including phenoxy) is 1. The number of rotatable bonds is 7. The van der Waals surface area contributed by atoms with E-state index in [0.29, 0.717) is 18.0 Å². The van der Waals surface area contributed by atoms with Crippen molar-refractivity contribution in [2.24, 2.45) is 0 Å². The molecular weight excluding hydrogens is 394 g/mol. The first-order valence-corrected chi connectivity index (χ1v) is 9.87. The molecule has 0 radical (unpaired) electrons. The summed E-state index contributed by atoms with van der Waals surface area (Å²) in [5.74, 6) is -0.325. The lowest BCUT2D eigenvalue weighted by atomic mass is 10.1. The van der Waals surface area contributed by atoms with Gasteiger partial charge in [0, 0.05) is 6.08 Å². The minimum absolute atomic E-state index is 0.462. The summed E-state index contributed by atoms with van der Waals surface area (Å²) in [6.07, 6.45) is 3.75. The predicted octanol–water partition coefficient (Wildman–Crippen LogP) is 2.57. The fourth-order valence-electron chi connectivity index (χ4n) is 2.76. The minimum atomic E-state index is -0.775. The highest BCUT2D eigenvalue weighted by atomic mass is 16.5. The van der Waals surface area contributed by atoms with E-state index in [1.807, 2.05) is 56.3 Å². The molecule has 0 unspecified atom stereocenters. The number of hydrogen-bond donors (Lipinski definition) is 2. The normalized spacial score (nSPS) is 11.8. The highest BCUT2D eigenvalue weighted by molar-refractivity contribution is 5.93. The number of aromatic nitrogens is 3. The Hall–Kier alpha value is -3.94. The quantitative estimate of drug-likeness (QED) is 0.453. The van der Waals surface area contributed by atoms with Gasteiger partial charge in [0.15, 0.2) is 6.10 Å². The molecule has 1 heterocycles. The summed E-state index contributed by atoms with van der Waals surface area (Å²) < 4.78 is 7.38. The average molecular weight is 419 g/mol. The van der Waals surface area contributed by atoms with Crippen molar-refractivity contribution >= 4 is 17.9 Å². The van der Waals surface area contributed by atoms with Gasteiger partial charge >= 0.3 is 0 Å². The second-order valence-corrected chi connectivity index (χ2v) is 7.10. The molecule has 3 rings (SSSR count). The fraction of sp³-hybridized carbons (Fsp3) is 0.217. The number of nitrogens with zero attached hydrogens (tertiary/aromatic N) is 3. The molecule has 2 aromatic carbocycles. The van der Waals surface area contributed by atoms with Crippen molar-refractivity contribution in [3.63, 3.8) is 0 Å². The number of carbonyl (C=O) groups excluding carboxylic acids is 2. The van der Waals surface area contributed by atoms with E-state index < -0.39 is 17.9 Å². The minimum Gasteiger partial charge on any atom is -0.481 e. The summed E-state index contributed by atoms with van der Waals surface area (Å²) in [5.41, 5.74) is 8.36. The highest BCUT2D eigenvalue weighted by Gasteiger charge is 2.16. The van der Waals surface area contributed by atoms with Crippen LogP contribution in [-0.4, -0.2) is 32.9 Å². The highest BCUT2D eigenvalue weighted by Crippen LogP contribution is 2.21. The molecule has 0 fully saturated rings. The Labute approximate surface area is 180 Å². The van der Waals surface area contributed by atoms with E-state index in [0.717, 1.165) is 16.7 Å². The van der Waals surface area contributed by atoms with Crippen LogP contribution in [0.4, 0.5) is 0 Å². The summed E-state index contributed by atoms with van der Waals surface area (Å²) >= 11 is 0. The standard InChI is InChI=1S/C23H25N5O3/c1-16-8-7-11-21(17(16)2)31-18(3)23(30)26-25-22(29)13-12-20-15-28(27-24-20)14-19-9-5-4-6-10-19/h4-13,15,18H,14H2,1-3H3,(H,25,29)(H,26,30)/b13-12+/t18-/m1/s1. The van der Waals surface area contributed by atoms with Gasteiger partial charge in [0.2, 0.25) is 0 Å². The topological polar surface area (TPSA) is 98.1 Å². The molecule has 8 heteroatoms. The van der Waals surface area contributed by atoms with Gasteiger partial charge in [-0.2, -0.15) is 0 Å². The van der Waals surface area contributed by atoms with Crippen LogP contribution in [0.25, 0.3) is 6.08 Å². The van der Waals surface area contributed by atoms with Gasteiger partial charge in [-0.3, -0.25) is 20.4 Å². The number of benzene rings is 2. The van der Waals surface area contributed by atoms with Crippen LogP contribution in [0.2, 0.25) is 0 Å². The number of hydrogen-bond acceptors (Lipinski definition) is 5. The van der Waals surface area contributed by atoms with Gasteiger partial charge in [-0.15, -0.1) is 5.10 Å². The molecule has 0 aliphatic carbocycles. The molecule has 2 N–H and O–H groups in total. The molecule has 0 aliphatic heterocycles. The zero-order valence-electron chi connectivity index (χ0n) is 17.7. The SMILES string of the molecule is Cc1cccc(O[C@H](C)C(=O)NNC(=O)/C=C/c2cn(Cc3ccccc3)nn2)c1C. The molecule has 3 aromatic rings. The average Bonchev–Trinajstić information content (AvgIpc) is 3.21. The lowest BCUT2D eigenvalue weighted by molar-refractivity contribution is -0.131. The van der Waals surface area contributed by atoms with Crippen molar-refractivity contribution in [3.8, 4) is 5.75 Å². The molecule has 0 bridgehead atoms. The van der Waals surface area contributed by atoms with Gasteiger partial charge in [0.05, 0.1) is 12.7 Å². The van der Waals surface area contributed by atoms with Gasteiger partial charge in [0.1, 0.15) is 11.4 Å². The maximum atomic E-state index is 12.2. The molecule has 160 valence electrons. The van der Waals surface area contributed by atoms with Gasteiger partial charge in [-0.1, -0.05) is 47.7 Å². The first kappa shape index (κ1) is 21.8. The molecule has 0 saturated carbocycles. The molecule has 31 heavy (non-hydrogen) atoms. The number of nitrogens with one attached hydrogen (secondary N) is 2. The van der Waals surface area contributed by atoms with Crippen LogP contribution in [0, 0.1) is 13.8 Å². The molecule has 8 nitrogen and oxygen atoms in total. The van der Waals surface area contributed by atoms with Crippen LogP contribution in [0.3, 0.4) is 0 Å². The van der Waals surface area contributed by atoms with E-state index in [2.05, 4.69) is 21.2 Å². The lowest BCUT2D eigenvalue weighted by Crippen LogP contribution is -2.46. The molecular formula is C23H25N5O3. The first-order valence-electron chi connectivity index (χ1n) is 9.87. The Morgan fingerprint density at radius 1 is 1.10 bits per heavy atom. The number of hydrazine groups is 1. The zero-order chi connectivity index (χ0) is 22.2. The van der Waals surface area contributed by atoms with E-state index >= 15 is 0 Å². The number of carbonyl (C=O) groups is 2. The number of aryl methyl sites for hydroxylation is 1. The van der Waals surface area contributed by atoms with Crippen molar-refractivity contribution in [1.29, 1.82) is 0 Å². The van der Waals surface area contributed by atoms with Crippen molar-refractivity contribution in [2.75, 3.05) is 0 Å². The monoisotopic (exact) mass is 419 g/mol. The largest absolute Gasteiger partial charge is 0.481 e. The third-order valence-electron chi connectivity index (χ3n) is 4.69. The molecule has 2 amide bonds. The Morgan fingerprint density at radius 2 is 1.87 bits per heavy atom. The van der Waals surface area contributed by atoms with Crippen molar-refractivity contribution in [3.05, 3.63) is 83.2 Å². The van der Waals surface area contributed by atoms with Crippen molar-refractivity contribution in [1.82, 2.24) is 25.8 Å². The maximum absolute atomic E-state index is 12.2. The van der Waals surface area contributed by atoms with Gasteiger partial charge in [0.25, 0.3) is 11.8 Å². The van der Waals surface area contributed by atoms with Gasteiger partial charge in [-0.05, 0) is 49.6 Å². The van der Waals surface area contributed by atoms with E-state index in [1.165, 1.54) is 12.2 Å². The first-order chi connectivity index (χ1) is 14.9. The molecule has 0 saturated heterocycles. The van der Waals surface area contributed by atoms with E-state index in [4.69, 9.17) is 4.74 Å². The second-order valence-electron chi connectivity index (χ2n) is 7.10. The number of amides is 2. The third-order valence-corrected chi connectivity index (χ3v) is 4.69. The smallest absolute Gasteiger partial charge is 0.279 e. The molecule has 1 atom stereocenters. The third kappa shape index (κ3) is 6.27. The molecule has 0 aliphatic rings.